The maximum Gasteiger partial charge on any atom is 0.251 e. The number of hydrogen-bond donors (Lipinski definition) is 0. The number of aryl methyl sites for hydroxylation is 1. The third kappa shape index (κ3) is 3.66. The number of anilines is 1. The molecule has 1 unspecified atom stereocenters. The quantitative estimate of drug-likeness (QED) is 0.511. The summed E-state index contributed by atoms with van der Waals surface area (Å²) in [6.07, 6.45) is 0. The number of nitrogens with zero attached hydrogens (tertiary/aromatic N) is 5. The van der Waals surface area contributed by atoms with Crippen molar-refractivity contribution in [3.63, 3.8) is 0 Å². The Morgan fingerprint density at radius 3 is 2.58 bits per heavy atom. The number of amides is 1. The number of benzene rings is 3. The Morgan fingerprint density at radius 2 is 1.74 bits per heavy atom. The van der Waals surface area contributed by atoms with Gasteiger partial charge in [0.1, 0.15) is 18.9 Å². The molecule has 0 radical (unpaired) electrons. The van der Waals surface area contributed by atoms with Gasteiger partial charge in [-0.1, -0.05) is 66.7 Å². The first-order chi connectivity index (χ1) is 15.2. The highest BCUT2D eigenvalue weighted by Crippen LogP contribution is 2.39. The maximum absolute atomic E-state index is 13.5. The summed E-state index contributed by atoms with van der Waals surface area (Å²) < 4.78 is 5.95. The number of tetrazole rings is 1. The Hall–Kier alpha value is -4.00. The monoisotopic (exact) mass is 411 g/mol. The molecule has 1 aliphatic rings. The van der Waals surface area contributed by atoms with Crippen molar-refractivity contribution in [2.45, 2.75) is 19.5 Å². The van der Waals surface area contributed by atoms with Crippen LogP contribution in [0, 0.1) is 6.92 Å². The lowest BCUT2D eigenvalue weighted by molar-refractivity contribution is -0.120. The van der Waals surface area contributed by atoms with Gasteiger partial charge in [-0.25, -0.2) is 0 Å². The third-order valence-electron chi connectivity index (χ3n) is 5.40. The van der Waals surface area contributed by atoms with Gasteiger partial charge in [-0.15, -0.1) is 10.2 Å². The molecule has 1 amide bonds. The summed E-state index contributed by atoms with van der Waals surface area (Å²) in [5.41, 5.74) is 3.71. The van der Waals surface area contributed by atoms with Crippen LogP contribution >= 0.6 is 0 Å². The van der Waals surface area contributed by atoms with Gasteiger partial charge in [0.2, 0.25) is 5.82 Å². The number of rotatable bonds is 4. The van der Waals surface area contributed by atoms with Crippen LogP contribution in [0.4, 0.5) is 5.69 Å². The van der Waals surface area contributed by atoms with Crippen LogP contribution in [0.2, 0.25) is 0 Å². The van der Waals surface area contributed by atoms with Crippen LogP contribution in [-0.4, -0.2) is 32.7 Å². The molecule has 1 aliphatic heterocycles. The zero-order chi connectivity index (χ0) is 21.2. The summed E-state index contributed by atoms with van der Waals surface area (Å²) in [5, 5.41) is 12.7. The van der Waals surface area contributed by atoms with Crippen LogP contribution in [0.3, 0.4) is 0 Å². The SMILES string of the molecule is Cc1ccccc1-c1nnn(CC(=O)N2c3ccccc3OCC2c2ccccc2)n1. The van der Waals surface area contributed by atoms with Crippen molar-refractivity contribution < 1.29 is 9.53 Å². The van der Waals surface area contributed by atoms with Crippen LogP contribution in [-0.2, 0) is 11.3 Å². The number of ether oxygens (including phenoxy) is 1. The summed E-state index contributed by atoms with van der Waals surface area (Å²) in [7, 11) is 0. The average Bonchev–Trinajstić information content (AvgIpc) is 3.27. The maximum atomic E-state index is 13.5. The van der Waals surface area contributed by atoms with E-state index >= 15 is 0 Å². The molecular formula is C24H21N5O2. The molecule has 7 heteroatoms. The predicted octanol–water partition coefficient (Wildman–Crippen LogP) is 3.82. The molecule has 1 atom stereocenters. The van der Waals surface area contributed by atoms with Crippen molar-refractivity contribution >= 4 is 11.6 Å². The molecule has 0 aliphatic carbocycles. The molecule has 3 aromatic carbocycles. The van der Waals surface area contributed by atoms with Gasteiger partial charge in [0.15, 0.2) is 0 Å². The summed E-state index contributed by atoms with van der Waals surface area (Å²) in [4.78, 5) is 16.6. The Labute approximate surface area is 179 Å². The minimum atomic E-state index is -0.233. The van der Waals surface area contributed by atoms with E-state index < -0.39 is 0 Å². The lowest BCUT2D eigenvalue weighted by atomic mass is 10.0. The fourth-order valence-corrected chi connectivity index (χ4v) is 3.86. The van der Waals surface area contributed by atoms with Gasteiger partial charge < -0.3 is 4.74 Å². The number of hydrogen-bond acceptors (Lipinski definition) is 5. The highest BCUT2D eigenvalue weighted by molar-refractivity contribution is 5.96. The molecule has 7 nitrogen and oxygen atoms in total. The van der Waals surface area contributed by atoms with Crippen molar-refractivity contribution in [2.24, 2.45) is 0 Å². The number of carbonyl (C=O) groups excluding carboxylic acids is 1. The zero-order valence-electron chi connectivity index (χ0n) is 17.0. The van der Waals surface area contributed by atoms with E-state index in [0.717, 1.165) is 22.4 Å². The Kier molecular flexibility index (Phi) is 4.92. The predicted molar refractivity (Wildman–Crippen MR) is 117 cm³/mol. The first kappa shape index (κ1) is 19.0. The van der Waals surface area contributed by atoms with Gasteiger partial charge in [-0.2, -0.15) is 4.80 Å². The number of fused-ring (bicyclic) bond motifs is 1. The van der Waals surface area contributed by atoms with E-state index in [9.17, 15) is 4.79 Å². The Bertz CT molecular complexity index is 1220. The summed E-state index contributed by atoms with van der Waals surface area (Å²) in [6.45, 7) is 2.36. The summed E-state index contributed by atoms with van der Waals surface area (Å²) >= 11 is 0. The molecule has 0 bridgehead atoms. The largest absolute Gasteiger partial charge is 0.489 e. The molecule has 0 saturated carbocycles. The molecule has 154 valence electrons. The third-order valence-corrected chi connectivity index (χ3v) is 5.40. The standard InChI is InChI=1S/C24H21N5O2/c1-17-9-5-6-12-19(17)24-25-27-28(26-24)15-23(30)29-20-13-7-8-14-22(20)31-16-21(29)18-10-3-2-4-11-18/h2-14,21H,15-16H2,1H3. The lowest BCUT2D eigenvalue weighted by Crippen LogP contribution is -2.43. The van der Waals surface area contributed by atoms with Crippen molar-refractivity contribution in [2.75, 3.05) is 11.5 Å². The second kappa shape index (κ2) is 8.02. The van der Waals surface area contributed by atoms with Crippen molar-refractivity contribution in [3.05, 3.63) is 90.0 Å². The van der Waals surface area contributed by atoms with E-state index in [1.54, 1.807) is 4.90 Å². The average molecular weight is 411 g/mol. The molecule has 0 spiro atoms. The summed E-state index contributed by atoms with van der Waals surface area (Å²) in [6, 6.07) is 25.1. The molecule has 2 heterocycles. The van der Waals surface area contributed by atoms with Crippen molar-refractivity contribution in [1.82, 2.24) is 20.2 Å². The molecule has 1 aromatic heterocycles. The van der Waals surface area contributed by atoms with E-state index in [1.807, 2.05) is 85.8 Å². The molecule has 0 fully saturated rings. The fourth-order valence-electron chi connectivity index (χ4n) is 3.86. The van der Waals surface area contributed by atoms with Crippen molar-refractivity contribution in [1.29, 1.82) is 0 Å². The fraction of sp³-hybridized carbons (Fsp3) is 0.167. The van der Waals surface area contributed by atoms with Crippen molar-refractivity contribution in [3.8, 4) is 17.1 Å². The van der Waals surface area contributed by atoms with Crippen LogP contribution in [0.5, 0.6) is 5.75 Å². The molecule has 5 rings (SSSR count). The van der Waals surface area contributed by atoms with Crippen LogP contribution in [0.1, 0.15) is 17.2 Å². The zero-order valence-corrected chi connectivity index (χ0v) is 17.0. The van der Waals surface area contributed by atoms with Gasteiger partial charge in [0.05, 0.1) is 11.7 Å². The Balaban J connectivity index is 1.46. The second-order valence-corrected chi connectivity index (χ2v) is 7.43. The van der Waals surface area contributed by atoms with E-state index in [2.05, 4.69) is 15.4 Å². The van der Waals surface area contributed by atoms with Crippen LogP contribution in [0.15, 0.2) is 78.9 Å². The normalized spacial score (nSPS) is 15.3. The molecular weight excluding hydrogens is 390 g/mol. The van der Waals surface area contributed by atoms with Gasteiger partial charge in [0, 0.05) is 5.56 Å². The van der Waals surface area contributed by atoms with E-state index in [-0.39, 0.29) is 18.5 Å². The summed E-state index contributed by atoms with van der Waals surface area (Å²) in [5.74, 6) is 1.07. The minimum Gasteiger partial charge on any atom is -0.489 e. The van der Waals surface area contributed by atoms with Gasteiger partial charge >= 0.3 is 0 Å². The Morgan fingerprint density at radius 1 is 1.00 bits per heavy atom. The topological polar surface area (TPSA) is 73.1 Å². The van der Waals surface area contributed by atoms with Crippen LogP contribution in [0.25, 0.3) is 11.4 Å². The van der Waals surface area contributed by atoms with E-state index in [0.29, 0.717) is 18.2 Å². The van der Waals surface area contributed by atoms with E-state index in [1.165, 1.54) is 4.80 Å². The van der Waals surface area contributed by atoms with Gasteiger partial charge in [-0.05, 0) is 35.4 Å². The van der Waals surface area contributed by atoms with Gasteiger partial charge in [0.25, 0.3) is 5.91 Å². The molecule has 0 saturated heterocycles. The highest BCUT2D eigenvalue weighted by atomic mass is 16.5. The molecule has 31 heavy (non-hydrogen) atoms. The number of carbonyl (C=O) groups is 1. The first-order valence-electron chi connectivity index (χ1n) is 10.1. The van der Waals surface area contributed by atoms with Gasteiger partial charge in [-0.3, -0.25) is 9.69 Å². The van der Waals surface area contributed by atoms with E-state index in [4.69, 9.17) is 4.74 Å². The molecule has 0 N–H and O–H groups in total. The molecule has 4 aromatic rings. The number of aromatic nitrogens is 4. The smallest absolute Gasteiger partial charge is 0.251 e. The number of para-hydroxylation sites is 2. The minimum absolute atomic E-state index is 0.0173. The van der Waals surface area contributed by atoms with Crippen LogP contribution < -0.4 is 9.64 Å². The first-order valence-corrected chi connectivity index (χ1v) is 10.1. The second-order valence-electron chi connectivity index (χ2n) is 7.43. The highest BCUT2D eigenvalue weighted by Gasteiger charge is 2.33. The lowest BCUT2D eigenvalue weighted by Gasteiger charge is -2.37.